The molecule has 0 aliphatic carbocycles. The molecule has 0 fully saturated rings. The van der Waals surface area contributed by atoms with Crippen LogP contribution in [0.3, 0.4) is 0 Å². The van der Waals surface area contributed by atoms with Crippen LogP contribution in [0.15, 0.2) is 35.5 Å². The highest BCUT2D eigenvalue weighted by Crippen LogP contribution is 2.00. The molecule has 11 heavy (non-hydrogen) atoms. The third-order valence-electron chi connectivity index (χ3n) is 1.30. The normalized spacial score (nSPS) is 11.5. The Morgan fingerprint density at radius 2 is 2.00 bits per heavy atom. The zero-order valence-corrected chi connectivity index (χ0v) is 5.87. The van der Waals surface area contributed by atoms with Gasteiger partial charge in [-0.3, -0.25) is 0 Å². The summed E-state index contributed by atoms with van der Waals surface area (Å²) in [4.78, 5) is 0. The van der Waals surface area contributed by atoms with Crippen molar-refractivity contribution in [1.29, 1.82) is 0 Å². The van der Waals surface area contributed by atoms with E-state index in [9.17, 15) is 4.39 Å². The van der Waals surface area contributed by atoms with Crippen LogP contribution in [0.2, 0.25) is 0 Å². The third-order valence-corrected chi connectivity index (χ3v) is 1.30. The van der Waals surface area contributed by atoms with Gasteiger partial charge in [0.15, 0.2) is 0 Å². The van der Waals surface area contributed by atoms with Gasteiger partial charge in [0.2, 0.25) is 5.97 Å². The van der Waals surface area contributed by atoms with Gasteiger partial charge in [0, 0.05) is 6.42 Å². The number of hydrogen-bond donors (Lipinski definition) is 1. The summed E-state index contributed by atoms with van der Waals surface area (Å²) in [7, 11) is 0. The van der Waals surface area contributed by atoms with E-state index in [4.69, 9.17) is 5.21 Å². The van der Waals surface area contributed by atoms with Gasteiger partial charge in [-0.1, -0.05) is 35.5 Å². The summed E-state index contributed by atoms with van der Waals surface area (Å²) in [6.07, 6.45) is 0.0529. The molecule has 0 amide bonds. The van der Waals surface area contributed by atoms with Crippen molar-refractivity contribution in [2.45, 2.75) is 6.42 Å². The second kappa shape index (κ2) is 3.71. The average molecular weight is 153 g/mol. The third kappa shape index (κ3) is 2.37. The molecular weight excluding hydrogens is 145 g/mol. The SMILES string of the molecule is ON=C(F)Cc1ccccc1. The molecule has 0 bridgehead atoms. The molecule has 1 aromatic rings. The minimum absolute atomic E-state index is 0.0529. The lowest BCUT2D eigenvalue weighted by atomic mass is 10.2. The number of benzene rings is 1. The first-order valence-electron chi connectivity index (χ1n) is 3.23. The summed E-state index contributed by atoms with van der Waals surface area (Å²) in [5, 5.41) is 10.4. The number of nitrogens with zero attached hydrogens (tertiary/aromatic N) is 1. The molecule has 1 N–H and O–H groups in total. The standard InChI is InChI=1S/C8H8FNO/c9-8(10-11)6-7-4-2-1-3-5-7/h1-5,11H,6H2. The van der Waals surface area contributed by atoms with Crippen LogP contribution in [0, 0.1) is 0 Å². The van der Waals surface area contributed by atoms with Gasteiger partial charge in [0.05, 0.1) is 0 Å². The molecule has 0 unspecified atom stereocenters. The Hall–Kier alpha value is -1.38. The van der Waals surface area contributed by atoms with Gasteiger partial charge in [-0.2, -0.15) is 4.39 Å². The van der Waals surface area contributed by atoms with E-state index in [1.54, 1.807) is 24.3 Å². The number of hydrogen-bond acceptors (Lipinski definition) is 2. The molecule has 0 aliphatic rings. The van der Waals surface area contributed by atoms with Crippen molar-refractivity contribution in [1.82, 2.24) is 0 Å². The lowest BCUT2D eigenvalue weighted by Gasteiger charge is -1.94. The summed E-state index contributed by atoms with van der Waals surface area (Å²) in [6, 6.07) is 8.99. The van der Waals surface area contributed by atoms with Crippen molar-refractivity contribution in [3.63, 3.8) is 0 Å². The van der Waals surface area contributed by atoms with Crippen LogP contribution in [0.25, 0.3) is 0 Å². The molecule has 0 aromatic heterocycles. The van der Waals surface area contributed by atoms with Crippen molar-refractivity contribution in [2.24, 2.45) is 5.16 Å². The first-order chi connectivity index (χ1) is 5.33. The predicted molar refractivity (Wildman–Crippen MR) is 40.5 cm³/mol. The Bertz CT molecular complexity index is 246. The summed E-state index contributed by atoms with van der Waals surface area (Å²) in [6.45, 7) is 0. The van der Waals surface area contributed by atoms with Crippen molar-refractivity contribution >= 4 is 5.97 Å². The van der Waals surface area contributed by atoms with Gasteiger partial charge >= 0.3 is 0 Å². The molecule has 0 saturated carbocycles. The maximum Gasteiger partial charge on any atom is 0.230 e. The minimum Gasteiger partial charge on any atom is -0.409 e. The van der Waals surface area contributed by atoms with Gasteiger partial charge in [0.25, 0.3) is 0 Å². The monoisotopic (exact) mass is 153 g/mol. The summed E-state index contributed by atoms with van der Waals surface area (Å²) in [5.74, 6) is -0.767. The quantitative estimate of drug-likeness (QED) is 0.393. The van der Waals surface area contributed by atoms with E-state index in [1.807, 2.05) is 6.07 Å². The molecule has 1 rings (SSSR count). The van der Waals surface area contributed by atoms with Crippen LogP contribution >= 0.6 is 0 Å². The van der Waals surface area contributed by atoms with E-state index in [0.29, 0.717) is 0 Å². The number of halogens is 1. The van der Waals surface area contributed by atoms with Crippen LogP contribution in [0.5, 0.6) is 0 Å². The van der Waals surface area contributed by atoms with Crippen molar-refractivity contribution in [3.05, 3.63) is 35.9 Å². The molecule has 1 aromatic carbocycles. The zero-order valence-electron chi connectivity index (χ0n) is 5.87. The van der Waals surface area contributed by atoms with Gasteiger partial charge in [0.1, 0.15) is 0 Å². The van der Waals surface area contributed by atoms with E-state index in [1.165, 1.54) is 0 Å². The van der Waals surface area contributed by atoms with Gasteiger partial charge in [-0.05, 0) is 5.56 Å². The maximum absolute atomic E-state index is 12.3. The van der Waals surface area contributed by atoms with Gasteiger partial charge in [-0.15, -0.1) is 0 Å². The first-order valence-corrected chi connectivity index (χ1v) is 3.23. The Kier molecular flexibility index (Phi) is 2.60. The van der Waals surface area contributed by atoms with Crippen LogP contribution in [0.1, 0.15) is 5.56 Å². The molecule has 0 radical (unpaired) electrons. The molecule has 2 nitrogen and oxygen atoms in total. The Morgan fingerprint density at radius 3 is 2.55 bits per heavy atom. The highest BCUT2D eigenvalue weighted by atomic mass is 19.1. The number of rotatable bonds is 2. The van der Waals surface area contributed by atoms with Crippen molar-refractivity contribution in [3.8, 4) is 0 Å². The fraction of sp³-hybridized carbons (Fsp3) is 0.125. The Balaban J connectivity index is 2.65. The summed E-state index contributed by atoms with van der Waals surface area (Å²) in [5.41, 5.74) is 0.794. The van der Waals surface area contributed by atoms with E-state index in [2.05, 4.69) is 5.16 Å². The van der Waals surface area contributed by atoms with Crippen LogP contribution in [-0.4, -0.2) is 11.2 Å². The predicted octanol–water partition coefficient (Wildman–Crippen LogP) is 1.99. The molecule has 3 heteroatoms. The molecule has 0 heterocycles. The summed E-state index contributed by atoms with van der Waals surface area (Å²) >= 11 is 0. The second-order valence-corrected chi connectivity index (χ2v) is 2.14. The van der Waals surface area contributed by atoms with E-state index in [0.717, 1.165) is 5.56 Å². The summed E-state index contributed by atoms with van der Waals surface area (Å²) < 4.78 is 12.3. The molecule has 0 spiro atoms. The zero-order chi connectivity index (χ0) is 8.10. The maximum atomic E-state index is 12.3. The molecular formula is C8H8FNO. The largest absolute Gasteiger partial charge is 0.409 e. The van der Waals surface area contributed by atoms with Crippen LogP contribution < -0.4 is 0 Å². The molecule has 0 aliphatic heterocycles. The first kappa shape index (κ1) is 7.72. The van der Waals surface area contributed by atoms with Gasteiger partial charge in [-0.25, -0.2) is 0 Å². The van der Waals surface area contributed by atoms with Crippen LogP contribution in [-0.2, 0) is 6.42 Å². The van der Waals surface area contributed by atoms with E-state index >= 15 is 0 Å². The smallest absolute Gasteiger partial charge is 0.230 e. The fourth-order valence-corrected chi connectivity index (χ4v) is 0.800. The minimum atomic E-state index is -0.767. The highest BCUT2D eigenvalue weighted by molar-refractivity contribution is 5.76. The van der Waals surface area contributed by atoms with E-state index < -0.39 is 5.97 Å². The lowest BCUT2D eigenvalue weighted by Crippen LogP contribution is -1.94. The molecule has 0 atom stereocenters. The van der Waals surface area contributed by atoms with Crippen molar-refractivity contribution < 1.29 is 9.60 Å². The Labute approximate surface area is 64.0 Å². The molecule has 58 valence electrons. The van der Waals surface area contributed by atoms with Crippen LogP contribution in [0.4, 0.5) is 4.39 Å². The lowest BCUT2D eigenvalue weighted by molar-refractivity contribution is 0.310. The van der Waals surface area contributed by atoms with Crippen molar-refractivity contribution in [2.75, 3.05) is 0 Å². The molecule has 0 saturated heterocycles. The number of oxime groups is 1. The van der Waals surface area contributed by atoms with Gasteiger partial charge < -0.3 is 5.21 Å². The van der Waals surface area contributed by atoms with E-state index in [-0.39, 0.29) is 6.42 Å². The fourth-order valence-electron chi connectivity index (χ4n) is 0.800. The highest BCUT2D eigenvalue weighted by Gasteiger charge is 1.97. The Morgan fingerprint density at radius 1 is 1.36 bits per heavy atom. The topological polar surface area (TPSA) is 32.6 Å². The average Bonchev–Trinajstić information content (AvgIpc) is 2.06. The second-order valence-electron chi connectivity index (χ2n) is 2.14.